The molecule has 2 N–H and O–H groups in total. The fourth-order valence-electron chi connectivity index (χ4n) is 3.89. The minimum atomic E-state index is 0.121. The molecule has 0 aromatic carbocycles. The number of hydrogen-bond donors (Lipinski definition) is 2. The molecule has 2 aromatic rings. The fourth-order valence-corrected chi connectivity index (χ4v) is 3.89. The SMILES string of the molecule is CCNC(=NCC(c1ccco1)N(CC)CC)NC1CCc2nc(COC)nn2C1. The fraction of sp³-hybridized carbons (Fsp3) is 0.667. The zero-order valence-electron chi connectivity index (χ0n) is 18.6. The Hall–Kier alpha value is -2.39. The standard InChI is InChI=1S/C21H35N7O2/c1-5-22-21(23-13-17(27(6-2)7-3)18-9-8-12-30-18)24-16-10-11-20-25-19(15-29-4)26-28(20)14-16/h8-9,12,16-17H,5-7,10-11,13-15H2,1-4H3,(H2,22,23,24). The van der Waals surface area contributed by atoms with Crippen molar-refractivity contribution in [3.05, 3.63) is 35.8 Å². The Balaban J connectivity index is 1.67. The highest BCUT2D eigenvalue weighted by Crippen LogP contribution is 2.21. The Morgan fingerprint density at radius 3 is 2.90 bits per heavy atom. The van der Waals surface area contributed by atoms with Gasteiger partial charge in [-0.25, -0.2) is 9.67 Å². The number of guanidine groups is 1. The summed E-state index contributed by atoms with van der Waals surface area (Å²) >= 11 is 0. The lowest BCUT2D eigenvalue weighted by molar-refractivity contribution is 0.177. The first kappa shape index (κ1) is 22.3. The Morgan fingerprint density at radius 1 is 1.40 bits per heavy atom. The van der Waals surface area contributed by atoms with Gasteiger partial charge in [0.05, 0.1) is 25.4 Å². The molecule has 0 bridgehead atoms. The maximum atomic E-state index is 5.70. The molecule has 0 radical (unpaired) electrons. The molecule has 2 unspecified atom stereocenters. The van der Waals surface area contributed by atoms with Crippen LogP contribution in [0.1, 0.15) is 50.6 Å². The van der Waals surface area contributed by atoms with Gasteiger partial charge in [0.2, 0.25) is 0 Å². The largest absolute Gasteiger partial charge is 0.468 e. The molecule has 166 valence electrons. The summed E-state index contributed by atoms with van der Waals surface area (Å²) in [4.78, 5) is 11.8. The van der Waals surface area contributed by atoms with Crippen molar-refractivity contribution in [1.82, 2.24) is 30.3 Å². The summed E-state index contributed by atoms with van der Waals surface area (Å²) in [5.74, 6) is 3.55. The van der Waals surface area contributed by atoms with E-state index in [4.69, 9.17) is 14.1 Å². The van der Waals surface area contributed by atoms with Crippen molar-refractivity contribution < 1.29 is 9.15 Å². The average Bonchev–Trinajstić information content (AvgIpc) is 3.40. The topological polar surface area (TPSA) is 92.7 Å². The second kappa shape index (κ2) is 11.1. The average molecular weight is 418 g/mol. The van der Waals surface area contributed by atoms with Crippen molar-refractivity contribution >= 4 is 5.96 Å². The highest BCUT2D eigenvalue weighted by Gasteiger charge is 2.24. The lowest BCUT2D eigenvalue weighted by Crippen LogP contribution is -2.47. The van der Waals surface area contributed by atoms with Crippen LogP contribution < -0.4 is 10.6 Å². The summed E-state index contributed by atoms with van der Waals surface area (Å²) in [5, 5.41) is 11.5. The van der Waals surface area contributed by atoms with Gasteiger partial charge in [0.15, 0.2) is 11.8 Å². The van der Waals surface area contributed by atoms with Crippen LogP contribution in [0, 0.1) is 0 Å². The van der Waals surface area contributed by atoms with Crippen LogP contribution in [0.25, 0.3) is 0 Å². The molecule has 0 aliphatic carbocycles. The Labute approximate surface area is 178 Å². The van der Waals surface area contributed by atoms with Crippen LogP contribution in [-0.2, 0) is 24.3 Å². The van der Waals surface area contributed by atoms with Gasteiger partial charge in [0.25, 0.3) is 0 Å². The van der Waals surface area contributed by atoms with E-state index in [1.54, 1.807) is 13.4 Å². The second-order valence-corrected chi connectivity index (χ2v) is 7.41. The highest BCUT2D eigenvalue weighted by molar-refractivity contribution is 5.80. The molecule has 0 amide bonds. The zero-order chi connectivity index (χ0) is 21.3. The van der Waals surface area contributed by atoms with Crippen molar-refractivity contribution in [3.63, 3.8) is 0 Å². The third kappa shape index (κ3) is 5.60. The van der Waals surface area contributed by atoms with Crippen LogP contribution in [0.15, 0.2) is 27.8 Å². The molecule has 0 saturated heterocycles. The number of nitrogens with one attached hydrogen (secondary N) is 2. The lowest BCUT2D eigenvalue weighted by atomic mass is 10.1. The van der Waals surface area contributed by atoms with Crippen LogP contribution in [-0.4, -0.2) is 65.0 Å². The second-order valence-electron chi connectivity index (χ2n) is 7.41. The van der Waals surface area contributed by atoms with Gasteiger partial charge in [0.1, 0.15) is 18.2 Å². The van der Waals surface area contributed by atoms with Crippen molar-refractivity contribution in [2.75, 3.05) is 33.3 Å². The molecule has 2 atom stereocenters. The Kier molecular flexibility index (Phi) is 8.27. The van der Waals surface area contributed by atoms with E-state index in [0.717, 1.165) is 62.4 Å². The molecule has 0 saturated carbocycles. The molecule has 0 fully saturated rings. The smallest absolute Gasteiger partial charge is 0.191 e. The van der Waals surface area contributed by atoms with Crippen LogP contribution >= 0.6 is 0 Å². The molecule has 9 nitrogen and oxygen atoms in total. The third-order valence-corrected chi connectivity index (χ3v) is 5.41. The van der Waals surface area contributed by atoms with E-state index in [1.807, 2.05) is 16.8 Å². The molecular formula is C21H35N7O2. The molecule has 30 heavy (non-hydrogen) atoms. The van der Waals surface area contributed by atoms with Crippen molar-refractivity contribution in [3.8, 4) is 0 Å². The molecule has 9 heteroatoms. The maximum absolute atomic E-state index is 5.70. The van der Waals surface area contributed by atoms with Gasteiger partial charge in [-0.15, -0.1) is 0 Å². The normalized spacial score (nSPS) is 17.8. The number of nitrogens with zero attached hydrogens (tertiary/aromatic N) is 5. The molecule has 0 spiro atoms. The van der Waals surface area contributed by atoms with Gasteiger partial charge in [0, 0.05) is 26.1 Å². The Bertz CT molecular complexity index is 783. The number of furan rings is 1. The molecule has 3 heterocycles. The third-order valence-electron chi connectivity index (χ3n) is 5.41. The van der Waals surface area contributed by atoms with Crippen molar-refractivity contribution in [2.24, 2.45) is 4.99 Å². The quantitative estimate of drug-likeness (QED) is 0.451. The van der Waals surface area contributed by atoms with Crippen LogP contribution in [0.4, 0.5) is 0 Å². The van der Waals surface area contributed by atoms with E-state index in [9.17, 15) is 0 Å². The molecule has 3 rings (SSSR count). The highest BCUT2D eigenvalue weighted by atomic mass is 16.5. The zero-order valence-corrected chi connectivity index (χ0v) is 18.6. The van der Waals surface area contributed by atoms with E-state index in [0.29, 0.717) is 13.2 Å². The predicted molar refractivity (Wildman–Crippen MR) is 116 cm³/mol. The summed E-state index contributed by atoms with van der Waals surface area (Å²) in [7, 11) is 1.66. The molecule has 2 aromatic heterocycles. The van der Waals surface area contributed by atoms with Crippen LogP contribution in [0.3, 0.4) is 0 Å². The van der Waals surface area contributed by atoms with E-state index in [-0.39, 0.29) is 12.1 Å². The number of fused-ring (bicyclic) bond motifs is 1. The van der Waals surface area contributed by atoms with Gasteiger partial charge in [-0.3, -0.25) is 9.89 Å². The van der Waals surface area contributed by atoms with Crippen molar-refractivity contribution in [1.29, 1.82) is 0 Å². The van der Waals surface area contributed by atoms with E-state index in [1.165, 1.54) is 0 Å². The first-order valence-electron chi connectivity index (χ1n) is 10.9. The van der Waals surface area contributed by atoms with Crippen molar-refractivity contribution in [2.45, 2.75) is 58.8 Å². The molecule has 1 aliphatic heterocycles. The predicted octanol–water partition coefficient (Wildman–Crippen LogP) is 1.97. The number of aromatic nitrogens is 3. The molecule has 1 aliphatic rings. The molecular weight excluding hydrogens is 382 g/mol. The van der Waals surface area contributed by atoms with Gasteiger partial charge in [-0.05, 0) is 38.6 Å². The minimum absolute atomic E-state index is 0.121. The van der Waals surface area contributed by atoms with Crippen LogP contribution in [0.5, 0.6) is 0 Å². The summed E-state index contributed by atoms with van der Waals surface area (Å²) in [6.07, 6.45) is 3.62. The maximum Gasteiger partial charge on any atom is 0.191 e. The number of methoxy groups -OCH3 is 1. The number of aliphatic imine (C=N–C) groups is 1. The number of rotatable bonds is 10. The number of ether oxygens (including phenoxy) is 1. The van der Waals surface area contributed by atoms with Gasteiger partial charge in [-0.2, -0.15) is 5.10 Å². The monoisotopic (exact) mass is 417 g/mol. The van der Waals surface area contributed by atoms with Crippen LogP contribution in [0.2, 0.25) is 0 Å². The number of likely N-dealkylation sites (N-methyl/N-ethyl adjacent to an activating group) is 1. The number of aryl methyl sites for hydroxylation is 1. The lowest BCUT2D eigenvalue weighted by Gasteiger charge is -2.28. The van der Waals surface area contributed by atoms with Gasteiger partial charge < -0.3 is 19.8 Å². The first-order chi connectivity index (χ1) is 14.7. The first-order valence-corrected chi connectivity index (χ1v) is 10.9. The van der Waals surface area contributed by atoms with Gasteiger partial charge >= 0.3 is 0 Å². The van der Waals surface area contributed by atoms with Gasteiger partial charge in [-0.1, -0.05) is 13.8 Å². The summed E-state index contributed by atoms with van der Waals surface area (Å²) in [5.41, 5.74) is 0. The minimum Gasteiger partial charge on any atom is -0.468 e. The Morgan fingerprint density at radius 2 is 2.23 bits per heavy atom. The number of hydrogen-bond acceptors (Lipinski definition) is 6. The van der Waals surface area contributed by atoms with E-state index >= 15 is 0 Å². The summed E-state index contributed by atoms with van der Waals surface area (Å²) in [6.45, 7) is 11.0. The summed E-state index contributed by atoms with van der Waals surface area (Å²) < 4.78 is 12.8. The summed E-state index contributed by atoms with van der Waals surface area (Å²) in [6, 6.07) is 4.34. The van der Waals surface area contributed by atoms with E-state index < -0.39 is 0 Å². The van der Waals surface area contributed by atoms with E-state index in [2.05, 4.69) is 46.4 Å².